The molecule has 0 saturated heterocycles. The fourth-order valence-corrected chi connectivity index (χ4v) is 3.42. The fraction of sp³-hybridized carbons (Fsp3) is 0.278. The molecule has 25 heavy (non-hydrogen) atoms. The molecule has 0 aliphatic heterocycles. The highest BCUT2D eigenvalue weighted by Gasteiger charge is 2.21. The molecule has 0 radical (unpaired) electrons. The van der Waals surface area contributed by atoms with Crippen molar-refractivity contribution in [2.45, 2.75) is 26.4 Å². The first kappa shape index (κ1) is 17.2. The Bertz CT molecular complexity index is 857. The van der Waals surface area contributed by atoms with Gasteiger partial charge in [-0.25, -0.2) is 9.97 Å². The summed E-state index contributed by atoms with van der Waals surface area (Å²) >= 11 is 1.41. The largest absolute Gasteiger partial charge is 0.481 e. The average molecular weight is 356 g/mol. The minimum atomic E-state index is -0.566. The molecule has 6 nitrogen and oxygen atoms in total. The minimum Gasteiger partial charge on any atom is -0.481 e. The van der Waals surface area contributed by atoms with Crippen molar-refractivity contribution < 1.29 is 9.53 Å². The van der Waals surface area contributed by atoms with E-state index in [1.165, 1.54) is 11.3 Å². The van der Waals surface area contributed by atoms with E-state index in [2.05, 4.69) is 15.3 Å². The number of amides is 1. The number of para-hydroxylation sites is 1. The van der Waals surface area contributed by atoms with Gasteiger partial charge in [-0.15, -0.1) is 0 Å². The predicted molar refractivity (Wildman–Crippen MR) is 98.8 cm³/mol. The van der Waals surface area contributed by atoms with Crippen molar-refractivity contribution in [3.8, 4) is 16.5 Å². The number of aromatic nitrogens is 3. The molecule has 2 heterocycles. The number of carbonyl (C=O) groups excluding carboxylic acids is 1. The lowest BCUT2D eigenvalue weighted by Gasteiger charge is -2.16. The Balaban J connectivity index is 1.73. The van der Waals surface area contributed by atoms with Gasteiger partial charge in [0.15, 0.2) is 17.1 Å². The summed E-state index contributed by atoms with van der Waals surface area (Å²) in [5.74, 6) is 1.31. The lowest BCUT2D eigenvalue weighted by Crippen LogP contribution is -2.32. The van der Waals surface area contributed by atoms with Crippen LogP contribution in [0.1, 0.15) is 19.0 Å². The number of rotatable bonds is 6. The number of carbonyl (C=O) groups is 1. The second-order valence-electron chi connectivity index (χ2n) is 5.61. The van der Waals surface area contributed by atoms with Gasteiger partial charge in [-0.2, -0.15) is 0 Å². The number of hydrogen-bond acceptors (Lipinski definition) is 5. The Morgan fingerprint density at radius 2 is 2.12 bits per heavy atom. The van der Waals surface area contributed by atoms with Crippen molar-refractivity contribution in [3.63, 3.8) is 0 Å². The van der Waals surface area contributed by atoms with Gasteiger partial charge in [-0.05, 0) is 25.5 Å². The summed E-state index contributed by atoms with van der Waals surface area (Å²) in [5, 5.41) is 3.41. The summed E-state index contributed by atoms with van der Waals surface area (Å²) in [7, 11) is 1.93. The monoisotopic (exact) mass is 356 g/mol. The second-order valence-corrected chi connectivity index (χ2v) is 6.61. The third-order valence-corrected chi connectivity index (χ3v) is 4.80. The van der Waals surface area contributed by atoms with Gasteiger partial charge in [0, 0.05) is 19.4 Å². The number of hydrogen-bond donors (Lipinski definition) is 1. The first-order valence-corrected chi connectivity index (χ1v) is 8.87. The van der Waals surface area contributed by atoms with Crippen molar-refractivity contribution in [3.05, 3.63) is 48.4 Å². The van der Waals surface area contributed by atoms with Crippen LogP contribution >= 0.6 is 11.3 Å². The summed E-state index contributed by atoms with van der Waals surface area (Å²) in [6, 6.07) is 9.34. The molecule has 0 aliphatic rings. The molecular weight excluding hydrogens is 336 g/mol. The molecule has 1 amide bonds. The van der Waals surface area contributed by atoms with Gasteiger partial charge in [0.2, 0.25) is 0 Å². The van der Waals surface area contributed by atoms with Crippen LogP contribution in [0.15, 0.2) is 42.7 Å². The molecule has 0 spiro atoms. The highest BCUT2D eigenvalue weighted by molar-refractivity contribution is 7.19. The first-order chi connectivity index (χ1) is 12.1. The van der Waals surface area contributed by atoms with E-state index in [9.17, 15) is 4.79 Å². The number of thiazole rings is 1. The Morgan fingerprint density at radius 3 is 2.76 bits per heavy atom. The predicted octanol–water partition coefficient (Wildman–Crippen LogP) is 3.65. The smallest absolute Gasteiger partial charge is 0.267 e. The molecule has 2 aromatic heterocycles. The fourth-order valence-electron chi connectivity index (χ4n) is 2.41. The zero-order valence-electron chi connectivity index (χ0n) is 14.4. The van der Waals surface area contributed by atoms with Gasteiger partial charge in [-0.3, -0.25) is 10.1 Å². The standard InChI is InChI=1S/C18H20N4O2S/c1-4-14(24-13-8-6-5-7-9-13)17(23)21-18-20-12(2)15(25-18)16-19-10-11-22(16)3/h5-11,14H,4H2,1-3H3,(H,20,21,23). The maximum atomic E-state index is 12.5. The number of ether oxygens (including phenoxy) is 1. The lowest BCUT2D eigenvalue weighted by atomic mass is 10.2. The zero-order valence-corrected chi connectivity index (χ0v) is 15.2. The van der Waals surface area contributed by atoms with Gasteiger partial charge in [-0.1, -0.05) is 36.5 Å². The van der Waals surface area contributed by atoms with Crippen LogP contribution in [0.3, 0.4) is 0 Å². The first-order valence-electron chi connectivity index (χ1n) is 8.06. The van der Waals surface area contributed by atoms with Crippen LogP contribution in [0.2, 0.25) is 0 Å². The Morgan fingerprint density at radius 1 is 1.36 bits per heavy atom. The van der Waals surface area contributed by atoms with Gasteiger partial charge >= 0.3 is 0 Å². The third kappa shape index (κ3) is 3.88. The van der Waals surface area contributed by atoms with Crippen LogP contribution < -0.4 is 10.1 Å². The number of nitrogens with zero attached hydrogens (tertiary/aromatic N) is 3. The summed E-state index contributed by atoms with van der Waals surface area (Å²) in [4.78, 5) is 22.3. The molecule has 1 aromatic carbocycles. The molecule has 3 rings (SSSR count). The SMILES string of the molecule is CCC(Oc1ccccc1)C(=O)Nc1nc(C)c(-c2nccn2C)s1. The van der Waals surface area contributed by atoms with Crippen molar-refractivity contribution in [1.29, 1.82) is 0 Å². The van der Waals surface area contributed by atoms with Crippen LogP contribution in [-0.2, 0) is 11.8 Å². The highest BCUT2D eigenvalue weighted by Crippen LogP contribution is 2.31. The lowest BCUT2D eigenvalue weighted by molar-refractivity contribution is -0.122. The normalized spacial score (nSPS) is 12.0. The van der Waals surface area contributed by atoms with Gasteiger partial charge < -0.3 is 9.30 Å². The number of nitrogens with one attached hydrogen (secondary N) is 1. The molecule has 1 unspecified atom stereocenters. The topological polar surface area (TPSA) is 69.0 Å². The molecule has 1 N–H and O–H groups in total. The molecule has 7 heteroatoms. The van der Waals surface area contributed by atoms with Crippen LogP contribution in [0.25, 0.3) is 10.7 Å². The number of benzene rings is 1. The molecule has 0 bridgehead atoms. The van der Waals surface area contributed by atoms with Crippen LogP contribution in [0, 0.1) is 6.92 Å². The molecule has 0 fully saturated rings. The van der Waals surface area contributed by atoms with Crippen molar-refractivity contribution in [1.82, 2.24) is 14.5 Å². The third-order valence-electron chi connectivity index (χ3n) is 3.74. The van der Waals surface area contributed by atoms with Gasteiger partial charge in [0.05, 0.1) is 10.6 Å². The molecule has 0 aliphatic carbocycles. The molecule has 130 valence electrons. The van der Waals surface area contributed by atoms with Crippen molar-refractivity contribution >= 4 is 22.4 Å². The van der Waals surface area contributed by atoms with E-state index in [4.69, 9.17) is 4.74 Å². The van der Waals surface area contributed by atoms with E-state index in [0.717, 1.165) is 16.4 Å². The molecular formula is C18H20N4O2S. The van der Waals surface area contributed by atoms with E-state index in [1.807, 2.05) is 62.0 Å². The summed E-state index contributed by atoms with van der Waals surface area (Å²) in [5.41, 5.74) is 0.839. The molecule has 0 saturated carbocycles. The van der Waals surface area contributed by atoms with E-state index >= 15 is 0 Å². The highest BCUT2D eigenvalue weighted by atomic mass is 32.1. The van der Waals surface area contributed by atoms with Crippen LogP contribution in [0.4, 0.5) is 5.13 Å². The van der Waals surface area contributed by atoms with E-state index < -0.39 is 6.10 Å². The summed E-state index contributed by atoms with van der Waals surface area (Å²) in [6.07, 6.45) is 3.63. The van der Waals surface area contributed by atoms with E-state index in [0.29, 0.717) is 17.3 Å². The average Bonchev–Trinajstić information content (AvgIpc) is 3.18. The van der Waals surface area contributed by atoms with Gasteiger partial charge in [0.1, 0.15) is 5.75 Å². The molecule has 3 aromatic rings. The van der Waals surface area contributed by atoms with E-state index in [1.54, 1.807) is 6.20 Å². The quantitative estimate of drug-likeness (QED) is 0.732. The van der Waals surface area contributed by atoms with Crippen molar-refractivity contribution in [2.75, 3.05) is 5.32 Å². The Hall–Kier alpha value is -2.67. The maximum absolute atomic E-state index is 12.5. The Labute approximate surface area is 150 Å². The van der Waals surface area contributed by atoms with Crippen molar-refractivity contribution in [2.24, 2.45) is 7.05 Å². The minimum absolute atomic E-state index is 0.202. The zero-order chi connectivity index (χ0) is 17.8. The molecule has 1 atom stereocenters. The van der Waals surface area contributed by atoms with E-state index in [-0.39, 0.29) is 5.91 Å². The van der Waals surface area contributed by atoms with Crippen LogP contribution in [-0.4, -0.2) is 26.5 Å². The second kappa shape index (κ2) is 7.48. The number of imidazole rings is 1. The van der Waals surface area contributed by atoms with Gasteiger partial charge in [0.25, 0.3) is 5.91 Å². The number of anilines is 1. The number of aryl methyl sites for hydroxylation is 2. The summed E-state index contributed by atoms with van der Waals surface area (Å²) in [6.45, 7) is 3.83. The summed E-state index contributed by atoms with van der Waals surface area (Å²) < 4.78 is 7.70. The maximum Gasteiger partial charge on any atom is 0.267 e. The van der Waals surface area contributed by atoms with Crippen LogP contribution in [0.5, 0.6) is 5.75 Å². The Kier molecular flexibility index (Phi) is 5.14.